The molecule has 0 aliphatic rings. The highest BCUT2D eigenvalue weighted by Crippen LogP contribution is 2.26. The van der Waals surface area contributed by atoms with E-state index in [1.807, 2.05) is 0 Å². The molecule has 1 rings (SSSR count). The molecule has 0 spiro atoms. The summed E-state index contributed by atoms with van der Waals surface area (Å²) in [6.07, 6.45) is 0.0406. The monoisotopic (exact) mass is 304 g/mol. The summed E-state index contributed by atoms with van der Waals surface area (Å²) in [5.41, 5.74) is 0.832. The lowest BCUT2D eigenvalue weighted by molar-refractivity contribution is -0.150. The first-order valence-corrected chi connectivity index (χ1v) is 6.45. The Morgan fingerprint density at radius 3 is 2.32 bits per heavy atom. The van der Waals surface area contributed by atoms with Crippen LogP contribution in [0.4, 0.5) is 0 Å². The van der Waals surface area contributed by atoms with Gasteiger partial charge in [0.2, 0.25) is 0 Å². The molecule has 6 heteroatoms. The van der Waals surface area contributed by atoms with Gasteiger partial charge in [0, 0.05) is 0 Å². The Morgan fingerprint density at radius 1 is 1.21 bits per heavy atom. The van der Waals surface area contributed by atoms with E-state index in [9.17, 15) is 9.59 Å². The van der Waals surface area contributed by atoms with Crippen molar-refractivity contribution in [3.63, 3.8) is 0 Å². The summed E-state index contributed by atoms with van der Waals surface area (Å²) in [6.45, 7) is 1.71. The maximum atomic E-state index is 11.1. The number of halogens is 2. The number of hydrogen-bond acceptors (Lipinski definition) is 2. The summed E-state index contributed by atoms with van der Waals surface area (Å²) in [4.78, 5) is 21.7. The van der Waals surface area contributed by atoms with Gasteiger partial charge in [-0.1, -0.05) is 36.2 Å². The Kier molecular flexibility index (Phi) is 5.63. The van der Waals surface area contributed by atoms with Gasteiger partial charge in [-0.15, -0.1) is 0 Å². The fourth-order valence-electron chi connectivity index (χ4n) is 1.90. The fourth-order valence-corrected chi connectivity index (χ4v) is 2.22. The molecule has 0 saturated carbocycles. The zero-order valence-corrected chi connectivity index (χ0v) is 11.8. The third-order valence-electron chi connectivity index (χ3n) is 2.94. The molecule has 1 aromatic carbocycles. The maximum Gasteiger partial charge on any atom is 0.307 e. The molecule has 0 heterocycles. The predicted octanol–water partition coefficient (Wildman–Crippen LogP) is 3.35. The van der Waals surface area contributed by atoms with Crippen molar-refractivity contribution in [2.75, 3.05) is 0 Å². The van der Waals surface area contributed by atoms with Crippen molar-refractivity contribution >= 4 is 35.1 Å². The predicted molar refractivity (Wildman–Crippen MR) is 72.7 cm³/mol. The number of rotatable bonds is 6. The van der Waals surface area contributed by atoms with Gasteiger partial charge in [-0.25, -0.2) is 0 Å². The lowest BCUT2D eigenvalue weighted by Gasteiger charge is -2.18. The number of benzene rings is 1. The highest BCUT2D eigenvalue weighted by atomic mass is 35.5. The third-order valence-corrected chi connectivity index (χ3v) is 3.68. The third kappa shape index (κ3) is 4.73. The van der Waals surface area contributed by atoms with Crippen molar-refractivity contribution < 1.29 is 19.8 Å². The Balaban J connectivity index is 2.80. The van der Waals surface area contributed by atoms with Crippen LogP contribution < -0.4 is 0 Å². The average molecular weight is 305 g/mol. The molecule has 0 fully saturated rings. The number of carbonyl (C=O) groups is 2. The standard InChI is InChI=1S/C13H14Cl2O4/c1-7(9(13(18)19)6-12(16)17)4-8-2-3-10(14)11(15)5-8/h2-3,5,7,9H,4,6H2,1H3,(H,16,17)(H,18,19). The SMILES string of the molecule is CC(Cc1ccc(Cl)c(Cl)c1)C(CC(=O)O)C(=O)O. The number of carboxylic acids is 2. The van der Waals surface area contributed by atoms with E-state index in [0.29, 0.717) is 16.5 Å². The van der Waals surface area contributed by atoms with Crippen LogP contribution in [-0.4, -0.2) is 22.2 Å². The van der Waals surface area contributed by atoms with Crippen LogP contribution >= 0.6 is 23.2 Å². The summed E-state index contributed by atoms with van der Waals surface area (Å²) in [7, 11) is 0. The molecule has 0 bridgehead atoms. The molecule has 0 amide bonds. The molecule has 0 radical (unpaired) electrons. The van der Waals surface area contributed by atoms with Crippen molar-refractivity contribution in [3.05, 3.63) is 33.8 Å². The molecule has 104 valence electrons. The Labute approximate surface area is 121 Å². The van der Waals surface area contributed by atoms with E-state index in [1.165, 1.54) is 0 Å². The highest BCUT2D eigenvalue weighted by Gasteiger charge is 2.27. The lowest BCUT2D eigenvalue weighted by Crippen LogP contribution is -2.26. The maximum absolute atomic E-state index is 11.1. The minimum absolute atomic E-state index is 0.314. The van der Waals surface area contributed by atoms with E-state index in [2.05, 4.69) is 0 Å². The molecule has 0 saturated heterocycles. The van der Waals surface area contributed by atoms with E-state index >= 15 is 0 Å². The van der Waals surface area contributed by atoms with Crippen LogP contribution in [0.15, 0.2) is 18.2 Å². The molecule has 19 heavy (non-hydrogen) atoms. The Bertz CT molecular complexity index is 488. The summed E-state index contributed by atoms with van der Waals surface area (Å²) in [5, 5.41) is 18.6. The van der Waals surface area contributed by atoms with Crippen LogP contribution in [0.2, 0.25) is 10.0 Å². The smallest absolute Gasteiger partial charge is 0.307 e. The van der Waals surface area contributed by atoms with Gasteiger partial charge in [-0.3, -0.25) is 9.59 Å². The van der Waals surface area contributed by atoms with Crippen LogP contribution in [0.1, 0.15) is 18.9 Å². The van der Waals surface area contributed by atoms with Gasteiger partial charge in [0.05, 0.1) is 22.4 Å². The van der Waals surface area contributed by atoms with Crippen LogP contribution in [-0.2, 0) is 16.0 Å². The van der Waals surface area contributed by atoms with Gasteiger partial charge in [0.1, 0.15) is 0 Å². The van der Waals surface area contributed by atoms with E-state index in [4.69, 9.17) is 33.4 Å². The second-order valence-corrected chi connectivity index (χ2v) is 5.29. The first-order chi connectivity index (χ1) is 8.81. The van der Waals surface area contributed by atoms with Crippen LogP contribution in [0.3, 0.4) is 0 Å². The molecule has 0 aromatic heterocycles. The molecule has 2 atom stereocenters. The van der Waals surface area contributed by atoms with Gasteiger partial charge in [-0.05, 0) is 30.0 Å². The zero-order chi connectivity index (χ0) is 14.6. The van der Waals surface area contributed by atoms with E-state index < -0.39 is 24.3 Å². The Morgan fingerprint density at radius 2 is 1.84 bits per heavy atom. The van der Waals surface area contributed by atoms with E-state index in [0.717, 1.165) is 5.56 Å². The largest absolute Gasteiger partial charge is 0.481 e. The molecule has 0 aliphatic carbocycles. The quantitative estimate of drug-likeness (QED) is 0.845. The molecule has 2 N–H and O–H groups in total. The van der Waals surface area contributed by atoms with Gasteiger partial charge in [0.15, 0.2) is 0 Å². The minimum atomic E-state index is -1.12. The van der Waals surface area contributed by atoms with Gasteiger partial charge in [0.25, 0.3) is 0 Å². The number of aliphatic carboxylic acids is 2. The first kappa shape index (κ1) is 15.8. The highest BCUT2D eigenvalue weighted by molar-refractivity contribution is 6.42. The topological polar surface area (TPSA) is 74.6 Å². The zero-order valence-electron chi connectivity index (χ0n) is 10.3. The number of hydrogen-bond donors (Lipinski definition) is 2. The van der Waals surface area contributed by atoms with Gasteiger partial charge >= 0.3 is 11.9 Å². The van der Waals surface area contributed by atoms with Crippen molar-refractivity contribution in [1.29, 1.82) is 0 Å². The molecule has 1 aromatic rings. The summed E-state index contributed by atoms with van der Waals surface area (Å²) in [5.74, 6) is -3.46. The Hall–Kier alpha value is -1.26. The minimum Gasteiger partial charge on any atom is -0.481 e. The van der Waals surface area contributed by atoms with Crippen LogP contribution in [0.25, 0.3) is 0 Å². The second-order valence-electron chi connectivity index (χ2n) is 4.47. The molecular weight excluding hydrogens is 291 g/mol. The summed E-state index contributed by atoms with van der Waals surface area (Å²) in [6, 6.07) is 5.06. The molecule has 2 unspecified atom stereocenters. The fraction of sp³-hybridized carbons (Fsp3) is 0.385. The normalized spacial score (nSPS) is 13.8. The van der Waals surface area contributed by atoms with Crippen molar-refractivity contribution in [2.45, 2.75) is 19.8 Å². The number of carboxylic acid groups (broad SMARTS) is 2. The summed E-state index contributed by atoms with van der Waals surface area (Å²) < 4.78 is 0. The first-order valence-electron chi connectivity index (χ1n) is 5.69. The van der Waals surface area contributed by atoms with E-state index in [-0.39, 0.29) is 5.92 Å². The van der Waals surface area contributed by atoms with Crippen LogP contribution in [0.5, 0.6) is 0 Å². The van der Waals surface area contributed by atoms with Crippen molar-refractivity contribution in [1.82, 2.24) is 0 Å². The lowest BCUT2D eigenvalue weighted by atomic mass is 9.86. The van der Waals surface area contributed by atoms with Crippen molar-refractivity contribution in [3.8, 4) is 0 Å². The second kappa shape index (κ2) is 6.78. The summed E-state index contributed by atoms with van der Waals surface area (Å²) >= 11 is 11.7. The molecular formula is C13H14Cl2O4. The molecule has 0 aliphatic heterocycles. The van der Waals surface area contributed by atoms with Gasteiger partial charge in [-0.2, -0.15) is 0 Å². The van der Waals surface area contributed by atoms with Gasteiger partial charge < -0.3 is 10.2 Å². The van der Waals surface area contributed by atoms with E-state index in [1.54, 1.807) is 25.1 Å². The van der Waals surface area contributed by atoms with Crippen molar-refractivity contribution in [2.24, 2.45) is 11.8 Å². The average Bonchev–Trinajstić information content (AvgIpc) is 2.30. The van der Waals surface area contributed by atoms with Crippen LogP contribution in [0, 0.1) is 11.8 Å². The molecule has 4 nitrogen and oxygen atoms in total.